The molecule has 0 saturated heterocycles. The van der Waals surface area contributed by atoms with Crippen LogP contribution in [0.25, 0.3) is 0 Å². The first-order valence-electron chi connectivity index (χ1n) is 16.5. The average molecular weight is 721 g/mol. The summed E-state index contributed by atoms with van der Waals surface area (Å²) in [6.07, 6.45) is 0. The molecular formula is C38H38F2N2O10. The normalized spacial score (nSPS) is 14.9. The van der Waals surface area contributed by atoms with Crippen molar-refractivity contribution in [1.82, 2.24) is 0 Å². The fourth-order valence-electron chi connectivity index (χ4n) is 6.24. The van der Waals surface area contributed by atoms with Crippen LogP contribution < -0.4 is 24.0 Å². The lowest BCUT2D eigenvalue weighted by atomic mass is 9.82. The number of hydrogen-bond acceptors (Lipinski definition) is 12. The number of phenols is 2. The molecule has 0 amide bonds. The topological polar surface area (TPSA) is 136 Å². The van der Waals surface area contributed by atoms with Gasteiger partial charge in [-0.2, -0.15) is 0 Å². The molecule has 0 atom stereocenters. The van der Waals surface area contributed by atoms with Crippen LogP contribution in [0.2, 0.25) is 0 Å². The van der Waals surface area contributed by atoms with Crippen LogP contribution >= 0.6 is 0 Å². The highest BCUT2D eigenvalue weighted by molar-refractivity contribution is 5.78. The molecule has 4 aromatic rings. The predicted octanol–water partition coefficient (Wildman–Crippen LogP) is 5.42. The molecule has 2 aliphatic heterocycles. The molecule has 14 heteroatoms. The van der Waals surface area contributed by atoms with E-state index in [9.17, 15) is 28.6 Å². The summed E-state index contributed by atoms with van der Waals surface area (Å²) in [5.74, 6) is -3.76. The van der Waals surface area contributed by atoms with E-state index in [4.69, 9.17) is 28.4 Å². The molecule has 0 spiro atoms. The number of fused-ring (bicyclic) bond motifs is 4. The van der Waals surface area contributed by atoms with Gasteiger partial charge < -0.3 is 48.4 Å². The molecule has 0 radical (unpaired) electrons. The number of rotatable bonds is 5. The second-order valence-corrected chi connectivity index (χ2v) is 12.2. The fraction of sp³-hybridized carbons (Fsp3) is 0.316. The van der Waals surface area contributed by atoms with Gasteiger partial charge in [0.1, 0.15) is 49.3 Å². The Labute approximate surface area is 298 Å². The van der Waals surface area contributed by atoms with E-state index in [0.29, 0.717) is 46.1 Å². The van der Waals surface area contributed by atoms with Gasteiger partial charge in [0, 0.05) is 42.3 Å². The molecule has 2 N–H and O–H groups in total. The molecule has 2 aliphatic rings. The number of hydrogen-bond donors (Lipinski definition) is 2. The van der Waals surface area contributed by atoms with Gasteiger partial charge in [0.25, 0.3) is 0 Å². The summed E-state index contributed by atoms with van der Waals surface area (Å²) < 4.78 is 64.0. The minimum Gasteiger partial charge on any atom is -0.505 e. The Morgan fingerprint density at radius 1 is 0.712 bits per heavy atom. The molecule has 0 aromatic heterocycles. The van der Waals surface area contributed by atoms with Crippen molar-refractivity contribution in [1.29, 1.82) is 0 Å². The summed E-state index contributed by atoms with van der Waals surface area (Å²) in [6.45, 7) is 2.86. The lowest BCUT2D eigenvalue weighted by molar-refractivity contribution is -0.139. The lowest BCUT2D eigenvalue weighted by Crippen LogP contribution is -2.36. The maximum atomic E-state index is 14.8. The fourth-order valence-corrected chi connectivity index (χ4v) is 6.24. The van der Waals surface area contributed by atoms with Gasteiger partial charge in [-0.3, -0.25) is 9.59 Å². The summed E-state index contributed by atoms with van der Waals surface area (Å²) in [5.41, 5.74) is 3.25. The molecule has 52 heavy (non-hydrogen) atoms. The van der Waals surface area contributed by atoms with Crippen LogP contribution in [0.5, 0.6) is 34.5 Å². The standard InChI is InChI=1S/C38H38F2N2O10/c1-22-4-6-28-34(14-22)50-12-13-51-35-15-23(38-24-16-26(39)30(43)18-32(24)52-33-19-31(44)27(40)17-25(33)38)5-7-29(35)42(21-37(46)48-3)9-11-49-10-8-41(28)20-36(45)47-2/h4-7,14-19,38,43-44H,8-13,20-21H2,1-3H3. The minimum absolute atomic E-state index is 0.0371. The van der Waals surface area contributed by atoms with Gasteiger partial charge in [-0.1, -0.05) is 12.1 Å². The molecule has 0 bridgehead atoms. The number of aromatic hydroxyl groups is 2. The van der Waals surface area contributed by atoms with Crippen LogP contribution in [0.15, 0.2) is 60.7 Å². The zero-order chi connectivity index (χ0) is 36.9. The van der Waals surface area contributed by atoms with Crippen molar-refractivity contribution in [3.8, 4) is 34.5 Å². The summed E-state index contributed by atoms with van der Waals surface area (Å²) in [6, 6.07) is 15.3. The lowest BCUT2D eigenvalue weighted by Gasteiger charge is -2.31. The number of methoxy groups -OCH3 is 2. The van der Waals surface area contributed by atoms with Gasteiger partial charge in [0.15, 0.2) is 23.1 Å². The van der Waals surface area contributed by atoms with Gasteiger partial charge in [-0.05, 0) is 54.4 Å². The number of halogens is 2. The number of aryl methyl sites for hydroxylation is 1. The van der Waals surface area contributed by atoms with E-state index in [1.54, 1.807) is 23.1 Å². The molecule has 0 saturated carbocycles. The number of esters is 2. The molecule has 12 nitrogen and oxygen atoms in total. The van der Waals surface area contributed by atoms with E-state index in [1.807, 2.05) is 30.0 Å². The molecule has 4 aromatic carbocycles. The zero-order valence-electron chi connectivity index (χ0n) is 28.8. The summed E-state index contributed by atoms with van der Waals surface area (Å²) >= 11 is 0. The van der Waals surface area contributed by atoms with E-state index < -0.39 is 41.0 Å². The van der Waals surface area contributed by atoms with Gasteiger partial charge in [0.2, 0.25) is 0 Å². The van der Waals surface area contributed by atoms with E-state index in [1.165, 1.54) is 14.2 Å². The predicted molar refractivity (Wildman–Crippen MR) is 185 cm³/mol. The Balaban J connectivity index is 1.41. The number of phenolic OH excluding ortho intramolecular Hbond substituents is 2. The second-order valence-electron chi connectivity index (χ2n) is 12.2. The molecule has 2 heterocycles. The Morgan fingerprint density at radius 2 is 1.21 bits per heavy atom. The maximum absolute atomic E-state index is 14.8. The third kappa shape index (κ3) is 7.76. The van der Waals surface area contributed by atoms with Crippen molar-refractivity contribution in [3.63, 3.8) is 0 Å². The number of carbonyl (C=O) groups excluding carboxylic acids is 2. The SMILES string of the molecule is COC(=O)CN1CCOCCN(CC(=O)OC)c2ccc(C3c4cc(F)c(O)cc4Oc4cc(O)c(F)cc43)cc2OCCOc2cc(C)ccc21. The number of carbonyl (C=O) groups is 2. The molecule has 274 valence electrons. The smallest absolute Gasteiger partial charge is 0.325 e. The quantitative estimate of drug-likeness (QED) is 0.225. The van der Waals surface area contributed by atoms with E-state index >= 15 is 0 Å². The van der Waals surface area contributed by atoms with Crippen molar-refractivity contribution in [2.24, 2.45) is 0 Å². The summed E-state index contributed by atoms with van der Waals surface area (Å²) in [5, 5.41) is 20.3. The number of nitrogens with zero attached hydrogens (tertiary/aromatic N) is 2. The Bertz CT molecular complexity index is 1920. The van der Waals surface area contributed by atoms with Crippen molar-refractivity contribution in [3.05, 3.63) is 94.6 Å². The van der Waals surface area contributed by atoms with Crippen LogP contribution in [0.3, 0.4) is 0 Å². The van der Waals surface area contributed by atoms with Crippen molar-refractivity contribution >= 4 is 23.3 Å². The number of benzene rings is 4. The highest BCUT2D eigenvalue weighted by atomic mass is 19.1. The van der Waals surface area contributed by atoms with Gasteiger partial charge in [0.05, 0.1) is 38.8 Å². The molecule has 6 rings (SSSR count). The van der Waals surface area contributed by atoms with Crippen molar-refractivity contribution in [2.75, 3.05) is 76.6 Å². The minimum atomic E-state index is -0.900. The zero-order valence-corrected chi connectivity index (χ0v) is 28.8. The van der Waals surface area contributed by atoms with Crippen molar-refractivity contribution < 1.29 is 57.0 Å². The molecule has 0 fully saturated rings. The van der Waals surface area contributed by atoms with E-state index in [0.717, 1.165) is 29.8 Å². The summed E-state index contributed by atoms with van der Waals surface area (Å²) in [7, 11) is 2.61. The van der Waals surface area contributed by atoms with Gasteiger partial charge in [-0.25, -0.2) is 8.78 Å². The second kappa shape index (κ2) is 15.6. The molecule has 0 aliphatic carbocycles. The van der Waals surface area contributed by atoms with E-state index in [-0.39, 0.29) is 57.6 Å². The first-order chi connectivity index (χ1) is 25.1. The summed E-state index contributed by atoms with van der Waals surface area (Å²) in [4.78, 5) is 28.5. The first-order valence-corrected chi connectivity index (χ1v) is 16.5. The Morgan fingerprint density at radius 3 is 1.73 bits per heavy atom. The van der Waals surface area contributed by atoms with Crippen LogP contribution in [0.4, 0.5) is 20.2 Å². The van der Waals surface area contributed by atoms with Crippen LogP contribution in [-0.2, 0) is 23.8 Å². The van der Waals surface area contributed by atoms with Crippen LogP contribution in [0.1, 0.15) is 28.2 Å². The molecule has 0 unspecified atom stereocenters. The monoisotopic (exact) mass is 720 g/mol. The van der Waals surface area contributed by atoms with Gasteiger partial charge in [-0.15, -0.1) is 0 Å². The van der Waals surface area contributed by atoms with Crippen LogP contribution in [-0.4, -0.2) is 89.0 Å². The highest BCUT2D eigenvalue weighted by Crippen LogP contribution is 2.51. The average Bonchev–Trinajstić information content (AvgIpc) is 3.12. The number of ether oxygens (including phenoxy) is 6. The van der Waals surface area contributed by atoms with Crippen LogP contribution in [0, 0.1) is 18.6 Å². The molecular weight excluding hydrogens is 682 g/mol. The number of anilines is 2. The Hall–Kier alpha value is -5.76. The third-order valence-electron chi connectivity index (χ3n) is 8.82. The highest BCUT2D eigenvalue weighted by Gasteiger charge is 2.33. The maximum Gasteiger partial charge on any atom is 0.325 e. The van der Waals surface area contributed by atoms with Gasteiger partial charge >= 0.3 is 11.9 Å². The van der Waals surface area contributed by atoms with Crippen molar-refractivity contribution in [2.45, 2.75) is 12.8 Å². The van der Waals surface area contributed by atoms with E-state index in [2.05, 4.69) is 0 Å². The Kier molecular flexibility index (Phi) is 10.8. The first kappa shape index (κ1) is 36.0. The third-order valence-corrected chi connectivity index (χ3v) is 8.82. The largest absolute Gasteiger partial charge is 0.505 e.